The molecule has 24 heavy (non-hydrogen) atoms. The number of rotatable bonds is 3. The van der Waals surface area contributed by atoms with Crippen molar-refractivity contribution in [2.75, 3.05) is 31.1 Å². The molecule has 3 rings (SSSR count). The number of fused-ring (bicyclic) bond motifs is 1. The highest BCUT2D eigenvalue weighted by Crippen LogP contribution is 2.28. The van der Waals surface area contributed by atoms with Gasteiger partial charge in [0.2, 0.25) is 0 Å². The molecule has 0 spiro atoms. The molecule has 0 aromatic heterocycles. The largest absolute Gasteiger partial charge is 0.332 e. The monoisotopic (exact) mass is 358 g/mol. The third kappa shape index (κ3) is 3.17. The van der Waals surface area contributed by atoms with Crippen LogP contribution in [-0.4, -0.2) is 67.3 Å². The van der Waals surface area contributed by atoms with Gasteiger partial charge in [-0.3, -0.25) is 9.69 Å². The minimum absolute atomic E-state index is 0.0409. The van der Waals surface area contributed by atoms with Crippen LogP contribution in [0.25, 0.3) is 0 Å². The lowest BCUT2D eigenvalue weighted by atomic mass is 10.0. The maximum Gasteiger partial charge on any atom is 0.254 e. The van der Waals surface area contributed by atoms with Crippen molar-refractivity contribution < 1.29 is 22.0 Å². The van der Waals surface area contributed by atoms with Crippen LogP contribution in [0.4, 0.5) is 8.78 Å². The number of amides is 1. The summed E-state index contributed by atoms with van der Waals surface area (Å²) in [5.74, 6) is -2.58. The van der Waals surface area contributed by atoms with E-state index in [1.54, 1.807) is 0 Å². The lowest BCUT2D eigenvalue weighted by Gasteiger charge is -2.43. The van der Waals surface area contributed by atoms with Gasteiger partial charge in [-0.25, -0.2) is 17.2 Å². The van der Waals surface area contributed by atoms with E-state index in [4.69, 9.17) is 0 Å². The molecule has 0 N–H and O–H groups in total. The van der Waals surface area contributed by atoms with Crippen molar-refractivity contribution in [2.45, 2.75) is 25.4 Å². The van der Waals surface area contributed by atoms with Crippen molar-refractivity contribution >= 4 is 15.7 Å². The van der Waals surface area contributed by atoms with Crippen LogP contribution in [0.3, 0.4) is 0 Å². The number of carbonyl (C=O) groups is 1. The van der Waals surface area contributed by atoms with Crippen LogP contribution in [0.5, 0.6) is 0 Å². The lowest BCUT2D eigenvalue weighted by molar-refractivity contribution is 0.0332. The topological polar surface area (TPSA) is 57.7 Å². The quantitative estimate of drug-likeness (QED) is 0.817. The second-order valence-corrected chi connectivity index (χ2v) is 8.53. The molecule has 2 heterocycles. The van der Waals surface area contributed by atoms with E-state index in [0.29, 0.717) is 13.1 Å². The molecule has 132 valence electrons. The van der Waals surface area contributed by atoms with Gasteiger partial charge in [0.1, 0.15) is 0 Å². The van der Waals surface area contributed by atoms with Crippen molar-refractivity contribution in [1.29, 1.82) is 0 Å². The Balaban J connectivity index is 1.88. The molecule has 1 amide bonds. The number of benzene rings is 1. The first-order valence-corrected chi connectivity index (χ1v) is 9.85. The van der Waals surface area contributed by atoms with Crippen LogP contribution in [0.15, 0.2) is 18.2 Å². The number of hydrogen-bond acceptors (Lipinski definition) is 4. The van der Waals surface area contributed by atoms with Crippen molar-refractivity contribution in [1.82, 2.24) is 9.80 Å². The minimum Gasteiger partial charge on any atom is -0.332 e. The number of piperazine rings is 1. The molecule has 2 unspecified atom stereocenters. The molecule has 0 radical (unpaired) electrons. The molecule has 2 fully saturated rings. The van der Waals surface area contributed by atoms with E-state index in [0.717, 1.165) is 25.1 Å². The summed E-state index contributed by atoms with van der Waals surface area (Å²) in [5, 5.41) is 0. The molecule has 2 saturated heterocycles. The first-order chi connectivity index (χ1) is 11.3. The number of sulfone groups is 1. The normalized spacial score (nSPS) is 26.4. The van der Waals surface area contributed by atoms with Gasteiger partial charge < -0.3 is 4.90 Å². The van der Waals surface area contributed by atoms with Crippen molar-refractivity contribution in [3.05, 3.63) is 35.4 Å². The van der Waals surface area contributed by atoms with E-state index in [1.165, 1.54) is 11.0 Å². The van der Waals surface area contributed by atoms with E-state index in [2.05, 4.69) is 4.90 Å². The summed E-state index contributed by atoms with van der Waals surface area (Å²) in [4.78, 5) is 16.3. The van der Waals surface area contributed by atoms with Gasteiger partial charge in [-0.05, 0) is 31.2 Å². The summed E-state index contributed by atoms with van der Waals surface area (Å²) < 4.78 is 50.6. The van der Waals surface area contributed by atoms with Gasteiger partial charge in [-0.15, -0.1) is 0 Å². The van der Waals surface area contributed by atoms with E-state index >= 15 is 0 Å². The molecule has 5 nitrogen and oxygen atoms in total. The van der Waals surface area contributed by atoms with Gasteiger partial charge in [-0.2, -0.15) is 0 Å². The Morgan fingerprint density at radius 2 is 1.88 bits per heavy atom. The highest BCUT2D eigenvalue weighted by atomic mass is 32.2. The Morgan fingerprint density at radius 1 is 1.17 bits per heavy atom. The standard InChI is InChI=1S/C16H20F2N2O3S/c1-2-5-19-6-7-20(15-10-24(22,23)9-14(15)19)16(21)11-3-4-12(17)13(18)8-11/h3-4,8,14-15H,2,5-7,9-10H2,1H3. The van der Waals surface area contributed by atoms with Gasteiger partial charge in [0.05, 0.1) is 17.5 Å². The summed E-state index contributed by atoms with van der Waals surface area (Å²) in [5.41, 5.74) is 0.0425. The third-order valence-electron chi connectivity index (χ3n) is 4.73. The van der Waals surface area contributed by atoms with Gasteiger partial charge in [0, 0.05) is 24.7 Å². The zero-order chi connectivity index (χ0) is 17.5. The second-order valence-electron chi connectivity index (χ2n) is 6.38. The van der Waals surface area contributed by atoms with Crippen LogP contribution in [-0.2, 0) is 9.84 Å². The highest BCUT2D eigenvalue weighted by molar-refractivity contribution is 7.91. The third-order valence-corrected chi connectivity index (χ3v) is 6.43. The van der Waals surface area contributed by atoms with Crippen molar-refractivity contribution in [3.63, 3.8) is 0 Å². The summed E-state index contributed by atoms with van der Waals surface area (Å²) in [6.07, 6.45) is 0.903. The zero-order valence-corrected chi connectivity index (χ0v) is 14.2. The Morgan fingerprint density at radius 3 is 2.54 bits per heavy atom. The number of carbonyl (C=O) groups excluding carboxylic acids is 1. The van der Waals surface area contributed by atoms with Crippen LogP contribution in [0.2, 0.25) is 0 Å². The Bertz CT molecular complexity index is 754. The van der Waals surface area contributed by atoms with E-state index in [-0.39, 0.29) is 23.1 Å². The van der Waals surface area contributed by atoms with Gasteiger partial charge >= 0.3 is 0 Å². The Hall–Kier alpha value is -1.54. The SMILES string of the molecule is CCCN1CCN(C(=O)c2ccc(F)c(F)c2)C2CS(=O)(=O)CC21. The zero-order valence-electron chi connectivity index (χ0n) is 13.4. The predicted molar refractivity (Wildman–Crippen MR) is 85.5 cm³/mol. The van der Waals surface area contributed by atoms with Crippen molar-refractivity contribution in [3.8, 4) is 0 Å². The van der Waals surface area contributed by atoms with Gasteiger partial charge in [0.25, 0.3) is 5.91 Å². The first kappa shape index (κ1) is 17.3. The maximum absolute atomic E-state index is 13.4. The average molecular weight is 358 g/mol. The molecule has 8 heteroatoms. The molecule has 0 aliphatic carbocycles. The van der Waals surface area contributed by atoms with Crippen LogP contribution >= 0.6 is 0 Å². The Kier molecular flexibility index (Phi) is 4.61. The lowest BCUT2D eigenvalue weighted by Crippen LogP contribution is -2.60. The fourth-order valence-electron chi connectivity index (χ4n) is 3.64. The van der Waals surface area contributed by atoms with Crippen LogP contribution < -0.4 is 0 Å². The maximum atomic E-state index is 13.4. The summed E-state index contributed by atoms with van der Waals surface area (Å²) in [6, 6.07) is 2.36. The molecule has 2 aliphatic rings. The molecule has 0 bridgehead atoms. The molecule has 1 aromatic rings. The molecule has 1 aromatic carbocycles. The predicted octanol–water partition coefficient (Wildman–Crippen LogP) is 1.30. The average Bonchev–Trinajstić information content (AvgIpc) is 2.85. The molecular weight excluding hydrogens is 338 g/mol. The smallest absolute Gasteiger partial charge is 0.254 e. The van der Waals surface area contributed by atoms with Crippen LogP contribution in [0, 0.1) is 11.6 Å². The number of halogens is 2. The first-order valence-electron chi connectivity index (χ1n) is 8.03. The van der Waals surface area contributed by atoms with Gasteiger partial charge in [0.15, 0.2) is 21.5 Å². The van der Waals surface area contributed by atoms with Crippen LogP contribution in [0.1, 0.15) is 23.7 Å². The molecular formula is C16H20F2N2O3S. The Labute approximate surface area is 140 Å². The minimum atomic E-state index is -3.21. The fraction of sp³-hybridized carbons (Fsp3) is 0.562. The van der Waals surface area contributed by atoms with E-state index < -0.39 is 33.4 Å². The highest BCUT2D eigenvalue weighted by Gasteiger charge is 2.47. The fourth-order valence-corrected chi connectivity index (χ4v) is 5.65. The summed E-state index contributed by atoms with van der Waals surface area (Å²) in [7, 11) is -3.21. The van der Waals surface area contributed by atoms with Crippen molar-refractivity contribution in [2.24, 2.45) is 0 Å². The van der Waals surface area contributed by atoms with Gasteiger partial charge in [-0.1, -0.05) is 6.92 Å². The number of hydrogen-bond donors (Lipinski definition) is 0. The molecule has 0 saturated carbocycles. The molecule has 2 atom stereocenters. The van der Waals surface area contributed by atoms with E-state index in [9.17, 15) is 22.0 Å². The summed E-state index contributed by atoms with van der Waals surface area (Å²) in [6.45, 7) is 3.77. The second kappa shape index (κ2) is 6.40. The van der Waals surface area contributed by atoms with E-state index in [1.807, 2.05) is 6.92 Å². The number of nitrogens with zero attached hydrogens (tertiary/aromatic N) is 2. The summed E-state index contributed by atoms with van der Waals surface area (Å²) >= 11 is 0. The molecule has 2 aliphatic heterocycles.